The molecule has 0 aliphatic carbocycles. The van der Waals surface area contributed by atoms with Crippen LogP contribution in [0.4, 0.5) is 0 Å². The van der Waals surface area contributed by atoms with E-state index in [-0.39, 0.29) is 5.17 Å². The smallest absolute Gasteiger partial charge is 0.290 e. The normalized spacial score (nSPS) is 11.5. The Kier molecular flexibility index (Phi) is 6.44. The maximum Gasteiger partial charge on any atom is 0.290 e. The van der Waals surface area contributed by atoms with Gasteiger partial charge in [-0.1, -0.05) is 36.4 Å². The molecule has 0 spiro atoms. The zero-order valence-electron chi connectivity index (χ0n) is 17.3. The number of thiocarbonyl (C=S) groups is 1. The minimum absolute atomic E-state index is 0.103. The van der Waals surface area contributed by atoms with Gasteiger partial charge in [-0.05, 0) is 69.1 Å². The SMILES string of the molecule is Cc1cc(OC(=S)N=C(N)c2ccccc2)c(C)cc1CCn1cnc(C)c1C. The van der Waals surface area contributed by atoms with Crippen molar-refractivity contribution in [2.75, 3.05) is 0 Å². The molecule has 1 heterocycles. The molecule has 1 aromatic heterocycles. The molecule has 0 unspecified atom stereocenters. The van der Waals surface area contributed by atoms with E-state index in [0.717, 1.165) is 35.3 Å². The average molecular weight is 407 g/mol. The van der Waals surface area contributed by atoms with E-state index in [9.17, 15) is 0 Å². The second-order valence-electron chi connectivity index (χ2n) is 7.13. The molecule has 29 heavy (non-hydrogen) atoms. The summed E-state index contributed by atoms with van der Waals surface area (Å²) in [7, 11) is 0. The predicted octanol–water partition coefficient (Wildman–Crippen LogP) is 4.43. The van der Waals surface area contributed by atoms with Crippen LogP contribution in [0.5, 0.6) is 5.75 Å². The summed E-state index contributed by atoms with van der Waals surface area (Å²) in [6.07, 6.45) is 2.82. The van der Waals surface area contributed by atoms with Gasteiger partial charge in [-0.3, -0.25) is 0 Å². The van der Waals surface area contributed by atoms with Crippen LogP contribution in [0, 0.1) is 27.7 Å². The second-order valence-corrected chi connectivity index (χ2v) is 7.48. The van der Waals surface area contributed by atoms with Crippen LogP contribution >= 0.6 is 12.2 Å². The van der Waals surface area contributed by atoms with E-state index < -0.39 is 0 Å². The van der Waals surface area contributed by atoms with Crippen molar-refractivity contribution in [3.05, 3.63) is 82.4 Å². The highest BCUT2D eigenvalue weighted by atomic mass is 32.1. The van der Waals surface area contributed by atoms with Gasteiger partial charge in [0, 0.05) is 17.8 Å². The minimum Gasteiger partial charge on any atom is -0.430 e. The van der Waals surface area contributed by atoms with E-state index in [4.69, 9.17) is 22.7 Å². The van der Waals surface area contributed by atoms with Crippen LogP contribution in [0.2, 0.25) is 0 Å². The van der Waals surface area contributed by atoms with Crippen LogP contribution in [-0.2, 0) is 13.0 Å². The van der Waals surface area contributed by atoms with E-state index >= 15 is 0 Å². The molecule has 150 valence electrons. The third-order valence-corrected chi connectivity index (χ3v) is 5.25. The first-order chi connectivity index (χ1) is 13.8. The van der Waals surface area contributed by atoms with Gasteiger partial charge in [0.2, 0.25) is 0 Å². The van der Waals surface area contributed by atoms with Crippen molar-refractivity contribution in [2.24, 2.45) is 10.7 Å². The maximum atomic E-state index is 6.03. The van der Waals surface area contributed by atoms with E-state index in [0.29, 0.717) is 11.6 Å². The first-order valence-corrected chi connectivity index (χ1v) is 9.96. The Morgan fingerprint density at radius 3 is 2.48 bits per heavy atom. The number of nitrogens with zero attached hydrogens (tertiary/aromatic N) is 3. The second kappa shape index (κ2) is 9.01. The number of nitrogens with two attached hydrogens (primary N) is 1. The fourth-order valence-corrected chi connectivity index (χ4v) is 3.32. The highest BCUT2D eigenvalue weighted by molar-refractivity contribution is 7.80. The van der Waals surface area contributed by atoms with Crippen molar-refractivity contribution in [3.8, 4) is 5.75 Å². The lowest BCUT2D eigenvalue weighted by molar-refractivity contribution is 0.551. The van der Waals surface area contributed by atoms with Crippen molar-refractivity contribution in [2.45, 2.75) is 40.7 Å². The summed E-state index contributed by atoms with van der Waals surface area (Å²) in [6, 6.07) is 13.7. The highest BCUT2D eigenvalue weighted by Crippen LogP contribution is 2.24. The Balaban J connectivity index is 1.70. The molecule has 0 amide bonds. The van der Waals surface area contributed by atoms with Crippen molar-refractivity contribution < 1.29 is 4.74 Å². The first kappa shape index (κ1) is 20.7. The molecule has 0 aliphatic rings. The fourth-order valence-electron chi connectivity index (χ4n) is 3.13. The third kappa shape index (κ3) is 5.09. The lowest BCUT2D eigenvalue weighted by Crippen LogP contribution is -2.17. The molecule has 0 saturated heterocycles. The van der Waals surface area contributed by atoms with Gasteiger partial charge in [-0.25, -0.2) is 4.98 Å². The van der Waals surface area contributed by atoms with Gasteiger partial charge >= 0.3 is 0 Å². The number of hydrogen-bond acceptors (Lipinski definition) is 3. The monoisotopic (exact) mass is 406 g/mol. The third-order valence-electron chi connectivity index (χ3n) is 5.08. The quantitative estimate of drug-likeness (QED) is 0.387. The molecule has 0 aliphatic heterocycles. The predicted molar refractivity (Wildman–Crippen MR) is 122 cm³/mol. The first-order valence-electron chi connectivity index (χ1n) is 9.55. The van der Waals surface area contributed by atoms with Crippen LogP contribution in [-0.4, -0.2) is 20.6 Å². The van der Waals surface area contributed by atoms with Crippen molar-refractivity contribution >= 4 is 23.2 Å². The summed E-state index contributed by atoms with van der Waals surface area (Å²) < 4.78 is 7.99. The number of imidazole rings is 1. The van der Waals surface area contributed by atoms with Gasteiger partial charge in [0.05, 0.1) is 12.0 Å². The molecule has 0 fully saturated rings. The van der Waals surface area contributed by atoms with Gasteiger partial charge in [0.15, 0.2) is 0 Å². The van der Waals surface area contributed by atoms with Crippen molar-refractivity contribution in [1.29, 1.82) is 0 Å². The van der Waals surface area contributed by atoms with Gasteiger partial charge in [0.1, 0.15) is 11.6 Å². The average Bonchev–Trinajstić information content (AvgIpc) is 3.02. The number of amidine groups is 1. The summed E-state index contributed by atoms with van der Waals surface area (Å²) in [5.74, 6) is 1.04. The molecule has 3 aromatic rings. The summed E-state index contributed by atoms with van der Waals surface area (Å²) in [5.41, 5.74) is 12.6. The summed E-state index contributed by atoms with van der Waals surface area (Å²) in [4.78, 5) is 8.58. The van der Waals surface area contributed by atoms with Gasteiger partial charge in [-0.2, -0.15) is 4.99 Å². The van der Waals surface area contributed by atoms with Crippen LogP contribution in [0.1, 0.15) is 33.6 Å². The lowest BCUT2D eigenvalue weighted by atomic mass is 10.0. The van der Waals surface area contributed by atoms with Crippen molar-refractivity contribution in [1.82, 2.24) is 9.55 Å². The van der Waals surface area contributed by atoms with E-state index in [2.05, 4.69) is 34.5 Å². The van der Waals surface area contributed by atoms with Gasteiger partial charge < -0.3 is 15.0 Å². The van der Waals surface area contributed by atoms with Crippen LogP contribution in [0.3, 0.4) is 0 Å². The standard InChI is InChI=1S/C23H26N4OS/c1-15-13-21(28-23(29)26-22(24)19-8-6-5-7-9-19)16(2)12-20(15)10-11-27-14-25-17(3)18(27)4/h5-9,12-14H,10-11H2,1-4H3,(H2,24,26,29). The number of rotatable bonds is 5. The largest absolute Gasteiger partial charge is 0.430 e. The molecule has 2 N–H and O–H groups in total. The Morgan fingerprint density at radius 2 is 1.83 bits per heavy atom. The van der Waals surface area contributed by atoms with Crippen LogP contribution in [0.15, 0.2) is 53.8 Å². The minimum atomic E-state index is 0.103. The number of aryl methyl sites for hydroxylation is 5. The topological polar surface area (TPSA) is 65.4 Å². The van der Waals surface area contributed by atoms with Gasteiger partial charge in [-0.15, -0.1) is 0 Å². The summed E-state index contributed by atoms with van der Waals surface area (Å²) >= 11 is 5.28. The number of benzene rings is 2. The molecular weight excluding hydrogens is 380 g/mol. The van der Waals surface area contributed by atoms with Crippen LogP contribution < -0.4 is 10.5 Å². The zero-order valence-corrected chi connectivity index (χ0v) is 18.1. The Labute approximate surface area is 177 Å². The molecule has 5 nitrogen and oxygen atoms in total. The molecule has 6 heteroatoms. The fraction of sp³-hybridized carbons (Fsp3) is 0.261. The lowest BCUT2D eigenvalue weighted by Gasteiger charge is -2.13. The van der Waals surface area contributed by atoms with E-state index in [1.807, 2.05) is 56.6 Å². The van der Waals surface area contributed by atoms with Gasteiger partial charge in [0.25, 0.3) is 5.17 Å². The summed E-state index contributed by atoms with van der Waals surface area (Å²) in [5, 5.41) is 0.103. The van der Waals surface area contributed by atoms with Crippen molar-refractivity contribution in [3.63, 3.8) is 0 Å². The Morgan fingerprint density at radius 1 is 1.10 bits per heavy atom. The molecule has 0 saturated carbocycles. The number of hydrogen-bond donors (Lipinski definition) is 1. The number of ether oxygens (including phenoxy) is 1. The molecule has 2 aromatic carbocycles. The molecule has 0 bridgehead atoms. The van der Waals surface area contributed by atoms with Crippen LogP contribution in [0.25, 0.3) is 0 Å². The molecule has 0 radical (unpaired) electrons. The molecular formula is C23H26N4OS. The molecule has 3 rings (SSSR count). The molecule has 0 atom stereocenters. The van der Waals surface area contributed by atoms with E-state index in [1.54, 1.807) is 0 Å². The maximum absolute atomic E-state index is 6.03. The zero-order chi connectivity index (χ0) is 21.0. The Hall–Kier alpha value is -2.99. The number of aliphatic imine (C=N–C) groups is 1. The highest BCUT2D eigenvalue weighted by Gasteiger charge is 2.10. The number of aromatic nitrogens is 2. The Bertz CT molecular complexity index is 1050. The van der Waals surface area contributed by atoms with E-state index in [1.165, 1.54) is 11.3 Å². The summed E-state index contributed by atoms with van der Waals surface area (Å²) in [6.45, 7) is 9.11.